The van der Waals surface area contributed by atoms with E-state index in [2.05, 4.69) is 10.6 Å². The van der Waals surface area contributed by atoms with Crippen molar-refractivity contribution < 1.29 is 19.5 Å². The summed E-state index contributed by atoms with van der Waals surface area (Å²) in [7, 11) is 0. The molecule has 2 amide bonds. The number of anilines is 1. The molecule has 0 unspecified atom stereocenters. The number of hydrogen-bond acceptors (Lipinski definition) is 3. The van der Waals surface area contributed by atoms with E-state index in [9.17, 15) is 14.4 Å². The fraction of sp³-hybridized carbons (Fsp3) is 0.316. The fourth-order valence-corrected chi connectivity index (χ4v) is 2.67. The Balaban J connectivity index is 2.04. The van der Waals surface area contributed by atoms with Crippen LogP contribution in [0.3, 0.4) is 0 Å². The van der Waals surface area contributed by atoms with Crippen LogP contribution in [0, 0.1) is 0 Å². The first-order valence-electron chi connectivity index (χ1n) is 8.28. The maximum absolute atomic E-state index is 12.4. The molecule has 0 radical (unpaired) electrons. The molecule has 0 bridgehead atoms. The van der Waals surface area contributed by atoms with Crippen molar-refractivity contribution >= 4 is 34.2 Å². The maximum Gasteiger partial charge on any atom is 0.303 e. The van der Waals surface area contributed by atoms with E-state index in [0.29, 0.717) is 24.2 Å². The number of unbranched alkanes of at least 4 members (excludes halogenated alkanes) is 2. The standard InChI is InChI=1S/C19H22N2O4/c1-13(22)21-17-11-10-16(14-7-4-5-8-15(14)17)19(25)20-12-6-2-3-9-18(23)24/h4-5,7-8,10-11H,2-3,6,9,12H2,1H3,(H,20,25)(H,21,22)(H,23,24). The Morgan fingerprint density at radius 2 is 1.68 bits per heavy atom. The monoisotopic (exact) mass is 342 g/mol. The normalized spacial score (nSPS) is 10.4. The van der Waals surface area contributed by atoms with Gasteiger partial charge in [0.1, 0.15) is 0 Å². The third kappa shape index (κ3) is 5.31. The number of carbonyl (C=O) groups excluding carboxylic acids is 2. The topological polar surface area (TPSA) is 95.5 Å². The number of carboxylic acids is 1. The lowest BCUT2D eigenvalue weighted by Gasteiger charge is -2.12. The molecule has 0 aromatic heterocycles. The fourth-order valence-electron chi connectivity index (χ4n) is 2.67. The molecule has 0 spiro atoms. The summed E-state index contributed by atoms with van der Waals surface area (Å²) in [5.74, 6) is -1.14. The van der Waals surface area contributed by atoms with E-state index >= 15 is 0 Å². The van der Waals surface area contributed by atoms with E-state index in [1.165, 1.54) is 6.92 Å². The van der Waals surface area contributed by atoms with Gasteiger partial charge in [0, 0.05) is 36.5 Å². The van der Waals surface area contributed by atoms with Gasteiger partial charge in [-0.3, -0.25) is 14.4 Å². The molecule has 0 heterocycles. The first kappa shape index (κ1) is 18.4. The third-order valence-corrected chi connectivity index (χ3v) is 3.83. The largest absolute Gasteiger partial charge is 0.481 e. The second-order valence-electron chi connectivity index (χ2n) is 5.85. The minimum Gasteiger partial charge on any atom is -0.481 e. The van der Waals surface area contributed by atoms with Crippen molar-refractivity contribution in [2.75, 3.05) is 11.9 Å². The Hall–Kier alpha value is -2.89. The molecule has 0 saturated heterocycles. The molecule has 132 valence electrons. The maximum atomic E-state index is 12.4. The van der Waals surface area contributed by atoms with Gasteiger partial charge in [0.05, 0.1) is 0 Å². The smallest absolute Gasteiger partial charge is 0.303 e. The highest BCUT2D eigenvalue weighted by Gasteiger charge is 2.12. The Kier molecular flexibility index (Phi) is 6.51. The number of carbonyl (C=O) groups is 3. The van der Waals surface area contributed by atoms with Gasteiger partial charge in [-0.2, -0.15) is 0 Å². The number of amides is 2. The summed E-state index contributed by atoms with van der Waals surface area (Å²) < 4.78 is 0. The van der Waals surface area contributed by atoms with Gasteiger partial charge in [-0.25, -0.2) is 0 Å². The molecule has 2 aromatic carbocycles. The summed E-state index contributed by atoms with van der Waals surface area (Å²) >= 11 is 0. The molecule has 25 heavy (non-hydrogen) atoms. The lowest BCUT2D eigenvalue weighted by Crippen LogP contribution is -2.24. The Labute approximate surface area is 146 Å². The number of hydrogen-bond donors (Lipinski definition) is 3. The lowest BCUT2D eigenvalue weighted by atomic mass is 10.0. The molecular weight excluding hydrogens is 320 g/mol. The summed E-state index contributed by atoms with van der Waals surface area (Å²) in [4.78, 5) is 34.2. The quantitative estimate of drug-likeness (QED) is 0.642. The van der Waals surface area contributed by atoms with Crippen LogP contribution < -0.4 is 10.6 Å². The van der Waals surface area contributed by atoms with E-state index in [4.69, 9.17) is 5.11 Å². The number of carboxylic acid groups (broad SMARTS) is 1. The molecule has 0 fully saturated rings. The van der Waals surface area contributed by atoms with Crippen LogP contribution in [-0.4, -0.2) is 29.4 Å². The van der Waals surface area contributed by atoms with Crippen molar-refractivity contribution in [3.8, 4) is 0 Å². The molecule has 0 aliphatic carbocycles. The van der Waals surface area contributed by atoms with Crippen molar-refractivity contribution in [1.29, 1.82) is 0 Å². The Morgan fingerprint density at radius 3 is 2.36 bits per heavy atom. The average molecular weight is 342 g/mol. The van der Waals surface area contributed by atoms with Crippen LogP contribution in [0.15, 0.2) is 36.4 Å². The van der Waals surface area contributed by atoms with E-state index < -0.39 is 5.97 Å². The van der Waals surface area contributed by atoms with E-state index in [0.717, 1.165) is 23.6 Å². The van der Waals surface area contributed by atoms with E-state index in [1.54, 1.807) is 12.1 Å². The van der Waals surface area contributed by atoms with Crippen LogP contribution in [0.25, 0.3) is 10.8 Å². The minimum absolute atomic E-state index is 0.156. The van der Waals surface area contributed by atoms with Crippen LogP contribution in [0.1, 0.15) is 43.0 Å². The van der Waals surface area contributed by atoms with Gasteiger partial charge in [0.2, 0.25) is 5.91 Å². The van der Waals surface area contributed by atoms with Crippen molar-refractivity contribution in [2.24, 2.45) is 0 Å². The second-order valence-corrected chi connectivity index (χ2v) is 5.85. The predicted octanol–water partition coefficient (Wildman–Crippen LogP) is 3.17. The van der Waals surface area contributed by atoms with Crippen LogP contribution in [-0.2, 0) is 9.59 Å². The van der Waals surface area contributed by atoms with Crippen LogP contribution >= 0.6 is 0 Å². The van der Waals surface area contributed by atoms with Crippen molar-refractivity contribution in [3.63, 3.8) is 0 Å². The zero-order chi connectivity index (χ0) is 18.2. The number of aliphatic carboxylic acids is 1. The van der Waals surface area contributed by atoms with Gasteiger partial charge < -0.3 is 15.7 Å². The summed E-state index contributed by atoms with van der Waals surface area (Å²) in [6, 6.07) is 10.9. The molecule has 6 heteroatoms. The van der Waals surface area contributed by atoms with Crippen LogP contribution in [0.5, 0.6) is 0 Å². The minimum atomic E-state index is -0.797. The highest BCUT2D eigenvalue weighted by Crippen LogP contribution is 2.26. The van der Waals surface area contributed by atoms with Crippen molar-refractivity contribution in [3.05, 3.63) is 42.0 Å². The molecule has 2 rings (SSSR count). The van der Waals surface area contributed by atoms with Gasteiger partial charge in [-0.05, 0) is 30.4 Å². The average Bonchev–Trinajstić information content (AvgIpc) is 2.57. The summed E-state index contributed by atoms with van der Waals surface area (Å²) in [5.41, 5.74) is 1.23. The van der Waals surface area contributed by atoms with Crippen LogP contribution in [0.4, 0.5) is 5.69 Å². The molecule has 0 aliphatic heterocycles. The zero-order valence-electron chi connectivity index (χ0n) is 14.2. The highest BCUT2D eigenvalue weighted by atomic mass is 16.4. The first-order chi connectivity index (χ1) is 12.0. The number of benzene rings is 2. The molecule has 2 aromatic rings. The summed E-state index contributed by atoms with van der Waals surface area (Å²) in [6.45, 7) is 1.94. The first-order valence-corrected chi connectivity index (χ1v) is 8.28. The Morgan fingerprint density at radius 1 is 0.960 bits per heavy atom. The van der Waals surface area contributed by atoms with E-state index in [1.807, 2.05) is 24.3 Å². The second kappa shape index (κ2) is 8.82. The third-order valence-electron chi connectivity index (χ3n) is 3.83. The number of fused-ring (bicyclic) bond motifs is 1. The number of rotatable bonds is 8. The molecule has 0 saturated carbocycles. The Bertz CT molecular complexity index is 786. The van der Waals surface area contributed by atoms with Gasteiger partial charge in [-0.15, -0.1) is 0 Å². The van der Waals surface area contributed by atoms with Gasteiger partial charge in [-0.1, -0.05) is 30.7 Å². The molecule has 6 nitrogen and oxygen atoms in total. The lowest BCUT2D eigenvalue weighted by molar-refractivity contribution is -0.137. The number of nitrogens with one attached hydrogen (secondary N) is 2. The molecular formula is C19H22N2O4. The molecule has 0 atom stereocenters. The summed E-state index contributed by atoms with van der Waals surface area (Å²) in [5, 5.41) is 15.8. The zero-order valence-corrected chi connectivity index (χ0v) is 14.2. The van der Waals surface area contributed by atoms with Crippen LogP contribution in [0.2, 0.25) is 0 Å². The van der Waals surface area contributed by atoms with E-state index in [-0.39, 0.29) is 18.2 Å². The van der Waals surface area contributed by atoms with Crippen molar-refractivity contribution in [1.82, 2.24) is 5.32 Å². The molecule has 0 aliphatic rings. The van der Waals surface area contributed by atoms with Gasteiger partial charge >= 0.3 is 5.97 Å². The van der Waals surface area contributed by atoms with Crippen molar-refractivity contribution in [2.45, 2.75) is 32.6 Å². The van der Waals surface area contributed by atoms with Gasteiger partial charge in [0.25, 0.3) is 5.91 Å². The predicted molar refractivity (Wildman–Crippen MR) is 96.7 cm³/mol. The molecule has 3 N–H and O–H groups in total. The van der Waals surface area contributed by atoms with Gasteiger partial charge in [0.15, 0.2) is 0 Å². The highest BCUT2D eigenvalue weighted by molar-refractivity contribution is 6.12. The SMILES string of the molecule is CC(=O)Nc1ccc(C(=O)NCCCCCC(=O)O)c2ccccc12. The summed E-state index contributed by atoms with van der Waals surface area (Å²) in [6.07, 6.45) is 2.26.